The summed E-state index contributed by atoms with van der Waals surface area (Å²) in [7, 11) is 0. The van der Waals surface area contributed by atoms with E-state index < -0.39 is 0 Å². The molecule has 1 unspecified atom stereocenters. The number of aryl methyl sites for hydroxylation is 1. The van der Waals surface area contributed by atoms with Crippen molar-refractivity contribution in [2.45, 2.75) is 58.7 Å². The highest BCUT2D eigenvalue weighted by atomic mass is 16.3. The summed E-state index contributed by atoms with van der Waals surface area (Å²) in [4.78, 5) is 4.65. The molecule has 0 spiro atoms. The molecule has 2 heterocycles. The highest BCUT2D eigenvalue weighted by Crippen LogP contribution is 2.21. The molecule has 0 aliphatic heterocycles. The third-order valence-corrected chi connectivity index (χ3v) is 4.31. The van der Waals surface area contributed by atoms with Crippen LogP contribution in [0, 0.1) is 0 Å². The summed E-state index contributed by atoms with van der Waals surface area (Å²) in [6.45, 7) is 7.88. The van der Waals surface area contributed by atoms with E-state index in [-0.39, 0.29) is 0 Å². The minimum Gasteiger partial charge on any atom is -0.472 e. The molecule has 6 heteroatoms. The Morgan fingerprint density at radius 2 is 2.38 bits per heavy atom. The second-order valence-electron chi connectivity index (χ2n) is 6.59. The molecule has 1 atom stereocenters. The zero-order valence-electron chi connectivity index (χ0n) is 14.7. The highest BCUT2D eigenvalue weighted by molar-refractivity contribution is 5.80. The molecule has 0 bridgehead atoms. The Balaban J connectivity index is 1.63. The number of aromatic nitrogens is 2. The van der Waals surface area contributed by atoms with Gasteiger partial charge < -0.3 is 15.1 Å². The van der Waals surface area contributed by atoms with Crippen molar-refractivity contribution in [2.24, 2.45) is 4.99 Å². The molecule has 6 nitrogen and oxygen atoms in total. The van der Waals surface area contributed by atoms with E-state index in [1.54, 1.807) is 12.5 Å². The third kappa shape index (κ3) is 3.99. The fourth-order valence-corrected chi connectivity index (χ4v) is 2.97. The predicted molar refractivity (Wildman–Crippen MR) is 95.1 cm³/mol. The number of guanidine groups is 1. The average Bonchev–Trinajstić information content (AvgIpc) is 3.21. The Hall–Kier alpha value is -2.24. The summed E-state index contributed by atoms with van der Waals surface area (Å²) in [5.41, 5.74) is 3.69. The molecule has 0 saturated heterocycles. The Kier molecular flexibility index (Phi) is 5.23. The highest BCUT2D eigenvalue weighted by Gasteiger charge is 2.22. The number of fused-ring (bicyclic) bond motifs is 1. The van der Waals surface area contributed by atoms with Crippen LogP contribution in [0.5, 0.6) is 0 Å². The van der Waals surface area contributed by atoms with Gasteiger partial charge in [0.15, 0.2) is 5.96 Å². The number of nitrogens with one attached hydrogen (secondary N) is 2. The molecular weight excluding hydrogens is 302 g/mol. The second-order valence-corrected chi connectivity index (χ2v) is 6.59. The summed E-state index contributed by atoms with van der Waals surface area (Å²) >= 11 is 0. The summed E-state index contributed by atoms with van der Waals surface area (Å²) < 4.78 is 7.17. The van der Waals surface area contributed by atoms with Gasteiger partial charge in [0.25, 0.3) is 0 Å². The fraction of sp³-hybridized carbons (Fsp3) is 0.556. The van der Waals surface area contributed by atoms with Crippen LogP contribution < -0.4 is 10.6 Å². The van der Waals surface area contributed by atoms with Crippen molar-refractivity contribution in [1.82, 2.24) is 20.4 Å². The second kappa shape index (κ2) is 7.55. The largest absolute Gasteiger partial charge is 0.472 e. The molecule has 0 saturated carbocycles. The lowest BCUT2D eigenvalue weighted by atomic mass is 9.94. The zero-order chi connectivity index (χ0) is 16.9. The van der Waals surface area contributed by atoms with Gasteiger partial charge >= 0.3 is 0 Å². The number of nitrogens with zero attached hydrogens (tertiary/aromatic N) is 3. The van der Waals surface area contributed by atoms with Crippen molar-refractivity contribution in [3.05, 3.63) is 41.6 Å². The fourth-order valence-electron chi connectivity index (χ4n) is 2.97. The normalized spacial score (nSPS) is 17.8. The molecule has 2 aromatic heterocycles. The Morgan fingerprint density at radius 3 is 3.08 bits per heavy atom. The topological polar surface area (TPSA) is 67.4 Å². The molecule has 2 aromatic rings. The molecule has 2 N–H and O–H groups in total. The van der Waals surface area contributed by atoms with E-state index in [9.17, 15) is 0 Å². The van der Waals surface area contributed by atoms with Gasteiger partial charge in [-0.05, 0) is 45.2 Å². The van der Waals surface area contributed by atoms with Gasteiger partial charge in [0, 0.05) is 36.8 Å². The van der Waals surface area contributed by atoms with E-state index in [1.807, 2.05) is 6.07 Å². The van der Waals surface area contributed by atoms with Crippen LogP contribution in [0.25, 0.3) is 0 Å². The molecular formula is C18H27N5O. The van der Waals surface area contributed by atoms with Crippen LogP contribution in [-0.2, 0) is 19.4 Å². The van der Waals surface area contributed by atoms with Gasteiger partial charge in [-0.25, -0.2) is 4.99 Å². The first-order valence-electron chi connectivity index (χ1n) is 8.78. The maximum atomic E-state index is 5.10. The lowest BCUT2D eigenvalue weighted by Crippen LogP contribution is -2.45. The maximum absolute atomic E-state index is 5.10. The van der Waals surface area contributed by atoms with E-state index in [2.05, 4.69) is 47.3 Å². The van der Waals surface area contributed by atoms with Gasteiger partial charge in [0.1, 0.15) is 0 Å². The van der Waals surface area contributed by atoms with Crippen LogP contribution in [-0.4, -0.2) is 28.3 Å². The van der Waals surface area contributed by atoms with Gasteiger partial charge in [-0.15, -0.1) is 0 Å². The van der Waals surface area contributed by atoms with Crippen LogP contribution in [0.1, 0.15) is 50.1 Å². The summed E-state index contributed by atoms with van der Waals surface area (Å²) in [6, 6.07) is 2.73. The van der Waals surface area contributed by atoms with Crippen molar-refractivity contribution in [3.63, 3.8) is 0 Å². The first-order valence-corrected chi connectivity index (χ1v) is 8.78. The number of rotatable bonds is 5. The number of furan rings is 1. The smallest absolute Gasteiger partial charge is 0.191 e. The molecule has 0 fully saturated rings. The lowest BCUT2D eigenvalue weighted by Gasteiger charge is -2.24. The molecule has 0 radical (unpaired) electrons. The monoisotopic (exact) mass is 329 g/mol. The van der Waals surface area contributed by atoms with E-state index in [0.717, 1.165) is 37.3 Å². The van der Waals surface area contributed by atoms with Gasteiger partial charge in [0.05, 0.1) is 24.8 Å². The van der Waals surface area contributed by atoms with Crippen molar-refractivity contribution >= 4 is 5.96 Å². The number of aliphatic imine (C=N–C) groups is 1. The van der Waals surface area contributed by atoms with Crippen molar-refractivity contribution < 1.29 is 4.42 Å². The predicted octanol–water partition coefficient (Wildman–Crippen LogP) is 2.67. The van der Waals surface area contributed by atoms with Crippen LogP contribution in [0.3, 0.4) is 0 Å². The van der Waals surface area contributed by atoms with Crippen LogP contribution >= 0.6 is 0 Å². The van der Waals surface area contributed by atoms with Crippen LogP contribution in [0.4, 0.5) is 0 Å². The van der Waals surface area contributed by atoms with Crippen molar-refractivity contribution in [1.29, 1.82) is 0 Å². The number of hydrogen-bond donors (Lipinski definition) is 2. The molecule has 24 heavy (non-hydrogen) atoms. The van der Waals surface area contributed by atoms with Crippen molar-refractivity contribution in [3.8, 4) is 0 Å². The Bertz CT molecular complexity index is 672. The SMILES string of the molecule is CCNC(=NCc1ccoc1)NC1CCc2cn(C(C)C)nc2C1. The minimum absolute atomic E-state index is 0.371. The third-order valence-electron chi connectivity index (χ3n) is 4.31. The van der Waals surface area contributed by atoms with E-state index in [0.29, 0.717) is 18.6 Å². The molecule has 1 aliphatic rings. The van der Waals surface area contributed by atoms with Crippen LogP contribution in [0.2, 0.25) is 0 Å². The molecule has 0 amide bonds. The summed E-state index contributed by atoms with van der Waals surface area (Å²) in [6.07, 6.45) is 8.74. The maximum Gasteiger partial charge on any atom is 0.191 e. The van der Waals surface area contributed by atoms with Gasteiger partial charge in [-0.1, -0.05) is 0 Å². The Labute approximate surface area is 143 Å². The van der Waals surface area contributed by atoms with Crippen LogP contribution in [0.15, 0.2) is 34.2 Å². The molecule has 1 aliphatic carbocycles. The molecule has 0 aromatic carbocycles. The standard InChI is InChI=1S/C18H27N5O/c1-4-19-18(20-10-14-7-8-24-12-14)21-16-6-5-15-11-23(13(2)3)22-17(15)9-16/h7-8,11-13,16H,4-6,9-10H2,1-3H3,(H2,19,20,21). The first-order chi connectivity index (χ1) is 11.7. The van der Waals surface area contributed by atoms with Gasteiger partial charge in [-0.3, -0.25) is 4.68 Å². The Morgan fingerprint density at radius 1 is 1.50 bits per heavy atom. The summed E-state index contributed by atoms with van der Waals surface area (Å²) in [5, 5.41) is 11.6. The quantitative estimate of drug-likeness (QED) is 0.654. The molecule has 3 rings (SSSR count). The van der Waals surface area contributed by atoms with E-state index in [1.165, 1.54) is 11.3 Å². The zero-order valence-corrected chi connectivity index (χ0v) is 14.7. The lowest BCUT2D eigenvalue weighted by molar-refractivity contribution is 0.499. The molecule has 130 valence electrons. The average molecular weight is 329 g/mol. The van der Waals surface area contributed by atoms with E-state index >= 15 is 0 Å². The number of hydrogen-bond acceptors (Lipinski definition) is 3. The first kappa shape index (κ1) is 16.6. The summed E-state index contributed by atoms with van der Waals surface area (Å²) in [5.74, 6) is 0.857. The van der Waals surface area contributed by atoms with E-state index in [4.69, 9.17) is 9.52 Å². The van der Waals surface area contributed by atoms with Crippen molar-refractivity contribution in [2.75, 3.05) is 6.54 Å². The van der Waals surface area contributed by atoms with Gasteiger partial charge in [0.2, 0.25) is 0 Å². The minimum atomic E-state index is 0.371. The van der Waals surface area contributed by atoms with Gasteiger partial charge in [-0.2, -0.15) is 5.10 Å².